The molecule has 28 rings (SSSR count). The SMILES string of the molecule is O=c1c2cccc3c(-c4ccccc4)ccc(c32)c2nc3c(-c4ccccc4)cccc3n12.O=c1c2cccc3c(-c4ccccc4)ccc(c32)c2nc3c(-c4ccccc4)cccc3n12.O=c1c2cccc3c(-c4ccccc4)ccc(c32)c2nc3ccc(-c4ccccc4)cc3n12.O=c1c2cccc3cccc(c32)c2nc3c(-c4ccccc4)ccc(-c4ccccc4)c3n12. The molecule has 12 nitrogen and oxygen atoms in total. The van der Waals surface area contributed by atoms with E-state index in [2.05, 4.69) is 206 Å². The van der Waals surface area contributed by atoms with Crippen LogP contribution in [-0.2, 0) is 0 Å². The molecule has 0 aliphatic rings. The molecule has 20 aromatic carbocycles. The molecule has 0 radical (unpaired) electrons. The Bertz CT molecular complexity index is 9390. The molecule has 0 aliphatic heterocycles. The Balaban J connectivity index is 0.0000000945. The highest BCUT2D eigenvalue weighted by Gasteiger charge is 2.27. The van der Waals surface area contributed by atoms with E-state index in [1.165, 1.54) is 0 Å². The number of para-hydroxylation sites is 2. The summed E-state index contributed by atoms with van der Waals surface area (Å²) in [6, 6.07) is 147. The highest BCUT2D eigenvalue weighted by molar-refractivity contribution is 6.23. The number of hydrogen-bond acceptors (Lipinski definition) is 8. The standard InChI is InChI=1S/4C30H18N2O/c2*33-30-25-15-7-14-23-21(19-9-3-1-4-10-19)17-18-24(27(23)25)29-31-28-22(20-11-5-2-6-12-20)13-8-16-26(28)32(29)30;33-30-25-16-8-14-21-13-7-15-24(26(21)25)29-31-27-22(19-9-3-1-4-10-19)17-18-23(28(27)32(29)30)20-11-5-2-6-12-20;33-30-25-13-7-12-23-22(20-10-5-2-6-11-20)15-16-24(28(23)25)29-31-26-17-14-21(18-27(26)32(29)30)19-8-3-1-4-9-19/h4*1-18H. The number of nitrogens with zero attached hydrogens (tertiary/aromatic N) is 8. The summed E-state index contributed by atoms with van der Waals surface area (Å²) in [7, 11) is 0. The topological polar surface area (TPSA) is 137 Å². The number of benzene rings is 20. The molecular formula is C120H72N8O4. The molecule has 0 saturated carbocycles. The molecule has 8 aromatic heterocycles. The predicted octanol–water partition coefficient (Wildman–Crippen LogP) is 27.7. The number of hydrogen-bond donors (Lipinski definition) is 0. The van der Waals surface area contributed by atoms with Gasteiger partial charge in [0.15, 0.2) is 0 Å². The molecule has 616 valence electrons. The molecule has 12 heteroatoms. The molecular weight excluding hydrogens is 1620 g/mol. The van der Waals surface area contributed by atoms with Crippen LogP contribution in [0.15, 0.2) is 456 Å². The van der Waals surface area contributed by atoms with Crippen molar-refractivity contribution in [2.45, 2.75) is 0 Å². The van der Waals surface area contributed by atoms with Crippen LogP contribution in [0.5, 0.6) is 0 Å². The fourth-order valence-electron chi connectivity index (χ4n) is 20.3. The van der Waals surface area contributed by atoms with Crippen LogP contribution < -0.4 is 22.2 Å². The summed E-state index contributed by atoms with van der Waals surface area (Å²) in [5.41, 5.74) is 26.9. The summed E-state index contributed by atoms with van der Waals surface area (Å²) in [6.45, 7) is 0. The fourth-order valence-corrected chi connectivity index (χ4v) is 20.3. The van der Waals surface area contributed by atoms with Gasteiger partial charge in [-0.25, -0.2) is 19.9 Å². The molecule has 0 atom stereocenters. The third-order valence-corrected chi connectivity index (χ3v) is 26.3. The van der Waals surface area contributed by atoms with Gasteiger partial charge in [-0.2, -0.15) is 0 Å². The number of aromatic nitrogens is 8. The first-order valence-corrected chi connectivity index (χ1v) is 44.2. The van der Waals surface area contributed by atoms with Gasteiger partial charge in [0.2, 0.25) is 0 Å². The largest absolute Gasteiger partial charge is 0.268 e. The summed E-state index contributed by atoms with van der Waals surface area (Å²) in [5, 5.41) is 15.1. The Hall–Kier alpha value is -18.0. The normalized spacial score (nSPS) is 11.8. The van der Waals surface area contributed by atoms with E-state index >= 15 is 0 Å². The zero-order valence-electron chi connectivity index (χ0n) is 70.8. The lowest BCUT2D eigenvalue weighted by molar-refractivity contribution is 1.19. The van der Waals surface area contributed by atoms with Crippen molar-refractivity contribution in [3.05, 3.63) is 478 Å². The number of imidazole rings is 4. The lowest BCUT2D eigenvalue weighted by Gasteiger charge is -2.12. The summed E-state index contributed by atoms with van der Waals surface area (Å²) >= 11 is 0. The Labute approximate surface area is 752 Å². The Morgan fingerprint density at radius 3 is 0.856 bits per heavy atom. The summed E-state index contributed by atoms with van der Waals surface area (Å²) < 4.78 is 7.16. The van der Waals surface area contributed by atoms with Gasteiger partial charge in [-0.1, -0.05) is 370 Å². The van der Waals surface area contributed by atoms with E-state index in [0.29, 0.717) is 22.6 Å². The van der Waals surface area contributed by atoms with Crippen molar-refractivity contribution in [3.63, 3.8) is 0 Å². The van der Waals surface area contributed by atoms with Crippen LogP contribution in [0.2, 0.25) is 0 Å². The zero-order valence-corrected chi connectivity index (χ0v) is 70.8. The van der Waals surface area contributed by atoms with Gasteiger partial charge in [0, 0.05) is 86.9 Å². The van der Waals surface area contributed by atoms with Gasteiger partial charge in [-0.3, -0.25) is 36.8 Å². The maximum Gasteiger partial charge on any atom is 0.264 e. The van der Waals surface area contributed by atoms with Gasteiger partial charge in [0.25, 0.3) is 22.2 Å². The molecule has 0 amide bonds. The average Bonchev–Trinajstić information content (AvgIpc) is 1.57. The number of rotatable bonds is 8. The molecule has 0 unspecified atom stereocenters. The van der Waals surface area contributed by atoms with Gasteiger partial charge < -0.3 is 0 Å². The highest BCUT2D eigenvalue weighted by Crippen LogP contribution is 2.44. The van der Waals surface area contributed by atoms with Crippen LogP contribution in [0.4, 0.5) is 0 Å². The summed E-state index contributed by atoms with van der Waals surface area (Å²) in [6.07, 6.45) is 0. The molecule has 0 aliphatic carbocycles. The van der Waals surface area contributed by atoms with Gasteiger partial charge in [-0.05, 0) is 155 Å². The van der Waals surface area contributed by atoms with Crippen LogP contribution in [0.3, 0.4) is 0 Å². The van der Waals surface area contributed by atoms with E-state index in [1.54, 1.807) is 13.2 Å². The average molecular weight is 1690 g/mol. The molecule has 132 heavy (non-hydrogen) atoms. The van der Waals surface area contributed by atoms with Gasteiger partial charge in [0.05, 0.1) is 44.1 Å². The van der Waals surface area contributed by atoms with Crippen molar-refractivity contribution in [1.82, 2.24) is 37.5 Å². The van der Waals surface area contributed by atoms with Crippen LogP contribution in [-0.4, -0.2) is 37.5 Å². The third-order valence-electron chi connectivity index (χ3n) is 26.3. The van der Waals surface area contributed by atoms with Crippen molar-refractivity contribution in [3.8, 4) is 89.0 Å². The quantitative estimate of drug-likeness (QED) is 0.147. The maximum absolute atomic E-state index is 13.9. The predicted molar refractivity (Wildman–Crippen MR) is 544 cm³/mol. The minimum Gasteiger partial charge on any atom is -0.268 e. The third kappa shape index (κ3) is 12.2. The van der Waals surface area contributed by atoms with Gasteiger partial charge in [-0.15, -0.1) is 0 Å². The molecule has 8 heterocycles. The van der Waals surface area contributed by atoms with E-state index in [4.69, 9.17) is 19.9 Å². The second-order valence-electron chi connectivity index (χ2n) is 33.5. The second-order valence-corrected chi connectivity index (χ2v) is 33.5. The van der Waals surface area contributed by atoms with E-state index in [1.807, 2.05) is 235 Å². The highest BCUT2D eigenvalue weighted by atomic mass is 16.1. The first kappa shape index (κ1) is 76.4. The molecule has 28 aromatic rings. The van der Waals surface area contributed by atoms with Crippen molar-refractivity contribution in [2.24, 2.45) is 0 Å². The number of fused-ring (bicyclic) bond motifs is 16. The van der Waals surface area contributed by atoms with Crippen LogP contribution in [0.25, 0.3) is 242 Å². The monoisotopic (exact) mass is 1690 g/mol. The minimum atomic E-state index is -0.0285. The Kier molecular flexibility index (Phi) is 17.9. The van der Waals surface area contributed by atoms with Crippen LogP contribution in [0, 0.1) is 0 Å². The van der Waals surface area contributed by atoms with Crippen molar-refractivity contribution < 1.29 is 0 Å². The molecule has 0 fully saturated rings. The Morgan fingerprint density at radius 1 is 0.167 bits per heavy atom. The van der Waals surface area contributed by atoms with Crippen molar-refractivity contribution in [1.29, 1.82) is 0 Å². The summed E-state index contributed by atoms with van der Waals surface area (Å²) in [4.78, 5) is 75.4. The first-order chi connectivity index (χ1) is 65.2. The first-order valence-electron chi connectivity index (χ1n) is 44.2. The summed E-state index contributed by atoms with van der Waals surface area (Å²) in [5.74, 6) is 0. The lowest BCUT2D eigenvalue weighted by Crippen LogP contribution is -2.13. The smallest absolute Gasteiger partial charge is 0.264 e. The maximum atomic E-state index is 13.9. The molecule has 0 saturated heterocycles. The minimum absolute atomic E-state index is 0.0268. The molecule has 0 spiro atoms. The number of pyridine rings is 4. The fraction of sp³-hybridized carbons (Fsp3) is 0. The van der Waals surface area contributed by atoms with Crippen LogP contribution in [0.1, 0.15) is 0 Å². The molecule has 0 N–H and O–H groups in total. The van der Waals surface area contributed by atoms with E-state index in [-0.39, 0.29) is 22.2 Å². The van der Waals surface area contributed by atoms with E-state index in [0.717, 1.165) is 219 Å². The van der Waals surface area contributed by atoms with Crippen molar-refractivity contribution >= 4 is 153 Å². The van der Waals surface area contributed by atoms with Crippen molar-refractivity contribution in [2.75, 3.05) is 0 Å². The zero-order chi connectivity index (χ0) is 87.8. The lowest BCUT2D eigenvalue weighted by atomic mass is 9.94. The second kappa shape index (κ2) is 31.0. The van der Waals surface area contributed by atoms with E-state index < -0.39 is 0 Å². The molecule has 0 bridgehead atoms. The van der Waals surface area contributed by atoms with Crippen LogP contribution >= 0.6 is 0 Å². The Morgan fingerprint density at radius 2 is 0.447 bits per heavy atom. The van der Waals surface area contributed by atoms with Gasteiger partial charge >= 0.3 is 0 Å². The van der Waals surface area contributed by atoms with E-state index in [9.17, 15) is 19.2 Å². The van der Waals surface area contributed by atoms with Gasteiger partial charge in [0.1, 0.15) is 22.6 Å².